The molecule has 3 heteroatoms. The second-order valence-corrected chi connectivity index (χ2v) is 4.66. The van der Waals surface area contributed by atoms with Gasteiger partial charge in [0, 0.05) is 6.21 Å². The monoisotopic (exact) mass is 267 g/mol. The molecule has 0 aliphatic carbocycles. The van der Waals surface area contributed by atoms with Crippen LogP contribution in [0.15, 0.2) is 47.5 Å². The Morgan fingerprint density at radius 3 is 2.40 bits per heavy atom. The van der Waals surface area contributed by atoms with Crippen LogP contribution >= 0.6 is 0 Å². The highest BCUT2D eigenvalue weighted by Crippen LogP contribution is 2.19. The molecule has 0 saturated carbocycles. The number of nitrogens with zero attached hydrogens (tertiary/aromatic N) is 1. The van der Waals surface area contributed by atoms with E-state index in [-0.39, 0.29) is 5.97 Å². The van der Waals surface area contributed by atoms with Crippen molar-refractivity contribution in [2.75, 3.05) is 7.11 Å². The standard InChI is InChI=1S/C17H17NO2/c1-12-4-9-16(13(2)10-12)18-11-14-5-7-15(8-6-14)17(19)20-3/h4-11H,1-3H3. The fraction of sp³-hybridized carbons (Fsp3) is 0.176. The van der Waals surface area contributed by atoms with Crippen molar-refractivity contribution >= 4 is 17.9 Å². The molecule has 0 radical (unpaired) electrons. The average molecular weight is 267 g/mol. The Morgan fingerprint density at radius 2 is 1.80 bits per heavy atom. The number of hydrogen-bond donors (Lipinski definition) is 0. The molecule has 2 aromatic carbocycles. The lowest BCUT2D eigenvalue weighted by molar-refractivity contribution is 0.0601. The van der Waals surface area contributed by atoms with Gasteiger partial charge in [-0.05, 0) is 43.2 Å². The number of benzene rings is 2. The second kappa shape index (κ2) is 6.15. The number of methoxy groups -OCH3 is 1. The third kappa shape index (κ3) is 3.32. The van der Waals surface area contributed by atoms with Gasteiger partial charge in [-0.3, -0.25) is 4.99 Å². The fourth-order valence-electron chi connectivity index (χ4n) is 1.92. The van der Waals surface area contributed by atoms with E-state index in [2.05, 4.69) is 22.7 Å². The predicted octanol–water partition coefficient (Wildman–Crippen LogP) is 3.84. The topological polar surface area (TPSA) is 38.7 Å². The number of rotatable bonds is 3. The number of esters is 1. The van der Waals surface area contributed by atoms with Gasteiger partial charge < -0.3 is 4.74 Å². The molecule has 2 rings (SSSR count). The van der Waals surface area contributed by atoms with E-state index in [1.54, 1.807) is 18.3 Å². The first-order chi connectivity index (χ1) is 9.60. The van der Waals surface area contributed by atoms with Crippen LogP contribution in [0.5, 0.6) is 0 Å². The van der Waals surface area contributed by atoms with E-state index in [0.29, 0.717) is 5.56 Å². The molecule has 0 spiro atoms. The predicted molar refractivity (Wildman–Crippen MR) is 81.0 cm³/mol. The molecule has 0 atom stereocenters. The summed E-state index contributed by atoms with van der Waals surface area (Å²) >= 11 is 0. The number of hydrogen-bond acceptors (Lipinski definition) is 3. The fourth-order valence-corrected chi connectivity index (χ4v) is 1.92. The van der Waals surface area contributed by atoms with Crippen molar-refractivity contribution in [3.63, 3.8) is 0 Å². The van der Waals surface area contributed by atoms with E-state index in [1.807, 2.05) is 31.2 Å². The lowest BCUT2D eigenvalue weighted by atomic mass is 10.1. The number of aryl methyl sites for hydroxylation is 2. The number of ether oxygens (including phenoxy) is 1. The molecule has 0 aliphatic rings. The Kier molecular flexibility index (Phi) is 4.31. The van der Waals surface area contributed by atoms with Gasteiger partial charge in [0.15, 0.2) is 0 Å². The van der Waals surface area contributed by atoms with Crippen LogP contribution in [0.4, 0.5) is 5.69 Å². The Labute approximate surface area is 118 Å². The van der Waals surface area contributed by atoms with E-state index in [1.165, 1.54) is 12.7 Å². The van der Waals surface area contributed by atoms with Crippen molar-refractivity contribution in [2.24, 2.45) is 4.99 Å². The van der Waals surface area contributed by atoms with Crippen LogP contribution in [0, 0.1) is 13.8 Å². The number of carbonyl (C=O) groups excluding carboxylic acids is 1. The van der Waals surface area contributed by atoms with Gasteiger partial charge in [-0.25, -0.2) is 4.79 Å². The van der Waals surface area contributed by atoms with Crippen molar-refractivity contribution in [1.82, 2.24) is 0 Å². The summed E-state index contributed by atoms with van der Waals surface area (Å²) in [7, 11) is 1.37. The lowest BCUT2D eigenvalue weighted by Gasteiger charge is -2.02. The van der Waals surface area contributed by atoms with Crippen LogP contribution in [0.25, 0.3) is 0 Å². The summed E-state index contributed by atoms with van der Waals surface area (Å²) in [4.78, 5) is 15.8. The smallest absolute Gasteiger partial charge is 0.337 e. The largest absolute Gasteiger partial charge is 0.465 e. The normalized spacial score (nSPS) is 10.8. The lowest BCUT2D eigenvalue weighted by Crippen LogP contribution is -2.00. The van der Waals surface area contributed by atoms with Crippen LogP contribution in [-0.2, 0) is 4.74 Å². The van der Waals surface area contributed by atoms with Crippen LogP contribution in [-0.4, -0.2) is 19.3 Å². The van der Waals surface area contributed by atoms with Gasteiger partial charge in [-0.2, -0.15) is 0 Å². The Morgan fingerprint density at radius 1 is 1.10 bits per heavy atom. The zero-order valence-electron chi connectivity index (χ0n) is 11.9. The second-order valence-electron chi connectivity index (χ2n) is 4.66. The molecule has 102 valence electrons. The van der Waals surface area contributed by atoms with Crippen molar-refractivity contribution in [1.29, 1.82) is 0 Å². The van der Waals surface area contributed by atoms with E-state index in [0.717, 1.165) is 16.8 Å². The van der Waals surface area contributed by atoms with E-state index in [4.69, 9.17) is 0 Å². The average Bonchev–Trinajstić information content (AvgIpc) is 2.46. The molecule has 3 nitrogen and oxygen atoms in total. The van der Waals surface area contributed by atoms with Gasteiger partial charge in [-0.1, -0.05) is 29.8 Å². The Balaban J connectivity index is 2.17. The van der Waals surface area contributed by atoms with Gasteiger partial charge >= 0.3 is 5.97 Å². The van der Waals surface area contributed by atoms with E-state index >= 15 is 0 Å². The first-order valence-corrected chi connectivity index (χ1v) is 6.40. The highest BCUT2D eigenvalue weighted by Gasteiger charge is 2.03. The van der Waals surface area contributed by atoms with Gasteiger partial charge in [0.2, 0.25) is 0 Å². The molecule has 20 heavy (non-hydrogen) atoms. The third-order valence-electron chi connectivity index (χ3n) is 3.04. The highest BCUT2D eigenvalue weighted by atomic mass is 16.5. The zero-order valence-corrected chi connectivity index (χ0v) is 11.9. The van der Waals surface area contributed by atoms with Gasteiger partial charge in [0.1, 0.15) is 0 Å². The minimum absolute atomic E-state index is 0.331. The molecule has 0 unspecified atom stereocenters. The SMILES string of the molecule is COC(=O)c1ccc(C=Nc2ccc(C)cc2C)cc1. The summed E-state index contributed by atoms with van der Waals surface area (Å²) in [5.74, 6) is -0.331. The van der Waals surface area contributed by atoms with Crippen molar-refractivity contribution in [3.05, 3.63) is 64.7 Å². The molecule has 0 amide bonds. The summed E-state index contributed by atoms with van der Waals surface area (Å²) in [5, 5.41) is 0. The maximum absolute atomic E-state index is 11.3. The van der Waals surface area contributed by atoms with Gasteiger partial charge in [0.05, 0.1) is 18.4 Å². The molecule has 0 saturated heterocycles. The molecule has 0 bridgehead atoms. The maximum Gasteiger partial charge on any atom is 0.337 e. The minimum atomic E-state index is -0.331. The van der Waals surface area contributed by atoms with Crippen LogP contribution in [0.2, 0.25) is 0 Å². The molecule has 0 heterocycles. The first-order valence-electron chi connectivity index (χ1n) is 6.40. The molecular weight excluding hydrogens is 250 g/mol. The van der Waals surface area contributed by atoms with Crippen molar-refractivity contribution in [2.45, 2.75) is 13.8 Å². The summed E-state index contributed by atoms with van der Waals surface area (Å²) in [6, 6.07) is 13.3. The molecule has 0 fully saturated rings. The van der Waals surface area contributed by atoms with Crippen molar-refractivity contribution in [3.8, 4) is 0 Å². The molecular formula is C17H17NO2. The van der Waals surface area contributed by atoms with Crippen LogP contribution in [0.3, 0.4) is 0 Å². The maximum atomic E-state index is 11.3. The zero-order chi connectivity index (χ0) is 14.5. The summed E-state index contributed by atoms with van der Waals surface area (Å²) in [6.07, 6.45) is 1.79. The minimum Gasteiger partial charge on any atom is -0.465 e. The molecule has 0 N–H and O–H groups in total. The summed E-state index contributed by atoms with van der Waals surface area (Å²) in [5.41, 5.74) is 4.80. The molecule has 0 aromatic heterocycles. The van der Waals surface area contributed by atoms with E-state index in [9.17, 15) is 4.79 Å². The summed E-state index contributed by atoms with van der Waals surface area (Å²) in [6.45, 7) is 4.10. The van der Waals surface area contributed by atoms with Gasteiger partial charge in [-0.15, -0.1) is 0 Å². The first kappa shape index (κ1) is 14.0. The number of aliphatic imine (C=N–C) groups is 1. The van der Waals surface area contributed by atoms with E-state index < -0.39 is 0 Å². The van der Waals surface area contributed by atoms with Crippen LogP contribution < -0.4 is 0 Å². The summed E-state index contributed by atoms with van der Waals surface area (Å²) < 4.78 is 4.66. The molecule has 0 aliphatic heterocycles. The third-order valence-corrected chi connectivity index (χ3v) is 3.04. The highest BCUT2D eigenvalue weighted by molar-refractivity contribution is 5.91. The van der Waals surface area contributed by atoms with Gasteiger partial charge in [0.25, 0.3) is 0 Å². The molecule has 2 aromatic rings. The van der Waals surface area contributed by atoms with Crippen LogP contribution in [0.1, 0.15) is 27.0 Å². The number of carbonyl (C=O) groups is 1. The Bertz CT molecular complexity index is 643. The Hall–Kier alpha value is -2.42. The van der Waals surface area contributed by atoms with Crippen molar-refractivity contribution < 1.29 is 9.53 Å². The quantitative estimate of drug-likeness (QED) is 0.626.